The number of aliphatic hydroxyl groups excluding tert-OH is 1. The van der Waals surface area contributed by atoms with Crippen LogP contribution in [0.4, 0.5) is 4.79 Å². The molecule has 3 N–H and O–H groups in total. The van der Waals surface area contributed by atoms with Gasteiger partial charge >= 0.3 is 18.0 Å². The van der Waals surface area contributed by atoms with Gasteiger partial charge in [-0.25, -0.2) is 9.59 Å². The van der Waals surface area contributed by atoms with Gasteiger partial charge in [-0.2, -0.15) is 0 Å². The molecule has 172 valence electrons. The first kappa shape index (κ1) is 25.9. The topological polar surface area (TPSA) is 140 Å². The number of carbonyl (C=O) groups excluding carboxylic acids is 4. The number of ether oxygens (including phenoxy) is 3. The van der Waals surface area contributed by atoms with E-state index in [0.29, 0.717) is 0 Å². The first-order valence-electron chi connectivity index (χ1n) is 9.68. The summed E-state index contributed by atoms with van der Waals surface area (Å²) in [4.78, 5) is 48.7. The third-order valence-corrected chi connectivity index (χ3v) is 3.84. The molecule has 0 aliphatic carbocycles. The molecule has 0 saturated heterocycles. The summed E-state index contributed by atoms with van der Waals surface area (Å²) in [5.41, 5.74) is -0.0487. The molecule has 31 heavy (non-hydrogen) atoms. The monoisotopic (exact) mass is 438 g/mol. The lowest BCUT2D eigenvalue weighted by molar-refractivity contribution is -0.159. The van der Waals surface area contributed by atoms with E-state index in [2.05, 4.69) is 15.4 Å². The van der Waals surface area contributed by atoms with Crippen LogP contribution in [0.3, 0.4) is 0 Å². The summed E-state index contributed by atoms with van der Waals surface area (Å²) in [6, 6.07) is 6.07. The molecule has 0 saturated carbocycles. The molecule has 0 aliphatic rings. The molecular formula is C21H30N2O8. The Kier molecular flexibility index (Phi) is 9.94. The number of hydrogen-bond donors (Lipinski definition) is 3. The number of esters is 2. The third kappa shape index (κ3) is 9.94. The van der Waals surface area contributed by atoms with Gasteiger partial charge in [-0.15, -0.1) is 0 Å². The Morgan fingerprint density at radius 3 is 2.19 bits per heavy atom. The van der Waals surface area contributed by atoms with Crippen LogP contribution in [0.1, 0.15) is 39.7 Å². The minimum atomic E-state index is -1.44. The molecule has 10 heteroatoms. The van der Waals surface area contributed by atoms with Crippen LogP contribution in [0.2, 0.25) is 0 Å². The lowest BCUT2D eigenvalue weighted by Crippen LogP contribution is -2.56. The second kappa shape index (κ2) is 11.9. The Morgan fingerprint density at radius 1 is 1.06 bits per heavy atom. The molecule has 0 spiro atoms. The maximum absolute atomic E-state index is 12.6. The zero-order valence-corrected chi connectivity index (χ0v) is 18.3. The van der Waals surface area contributed by atoms with E-state index in [1.807, 2.05) is 6.07 Å². The second-order valence-electron chi connectivity index (χ2n) is 7.80. The fraction of sp³-hybridized carbons (Fsp3) is 0.524. The molecule has 1 aromatic rings. The van der Waals surface area contributed by atoms with Crippen LogP contribution in [0.5, 0.6) is 0 Å². The molecule has 3 atom stereocenters. The molecule has 2 amide bonds. The van der Waals surface area contributed by atoms with Crippen molar-refractivity contribution < 1.29 is 38.5 Å². The lowest BCUT2D eigenvalue weighted by atomic mass is 10.1. The van der Waals surface area contributed by atoms with Crippen LogP contribution in [-0.2, 0) is 35.2 Å². The molecule has 0 aromatic heterocycles. The van der Waals surface area contributed by atoms with Gasteiger partial charge in [0.05, 0.1) is 19.6 Å². The summed E-state index contributed by atoms with van der Waals surface area (Å²) in [6.45, 7) is 6.22. The van der Waals surface area contributed by atoms with Crippen LogP contribution < -0.4 is 10.6 Å². The predicted octanol–water partition coefficient (Wildman–Crippen LogP) is 1.05. The molecule has 0 aliphatic heterocycles. The zero-order chi connectivity index (χ0) is 23.6. The van der Waals surface area contributed by atoms with Gasteiger partial charge in [0.15, 0.2) is 0 Å². The van der Waals surface area contributed by atoms with Gasteiger partial charge in [-0.05, 0) is 33.3 Å². The summed E-state index contributed by atoms with van der Waals surface area (Å²) in [7, 11) is 1.10. The number of rotatable bonds is 9. The van der Waals surface area contributed by atoms with Crippen LogP contribution in [0.25, 0.3) is 0 Å². The fourth-order valence-corrected chi connectivity index (χ4v) is 2.44. The SMILES string of the molecule is COC(=O)[C@@H](CC(=O)OC(C)(C)C)NC(=O)[C@@H](NC(=O)OCc1ccccc1)[C@@H](C)O. The number of amides is 2. The maximum Gasteiger partial charge on any atom is 0.408 e. The number of carbonyl (C=O) groups is 4. The zero-order valence-electron chi connectivity index (χ0n) is 18.3. The van der Waals surface area contributed by atoms with Gasteiger partial charge in [0, 0.05) is 0 Å². The molecule has 0 bridgehead atoms. The van der Waals surface area contributed by atoms with Gasteiger partial charge in [-0.3, -0.25) is 9.59 Å². The predicted molar refractivity (Wildman–Crippen MR) is 110 cm³/mol. The standard InChI is InChI=1S/C21H30N2O8/c1-13(24)17(23-20(28)30-12-14-9-7-6-8-10-14)18(26)22-15(19(27)29-5)11-16(25)31-21(2,3)4/h6-10,13,15,17,24H,11-12H2,1-5H3,(H,22,26)(H,23,28)/t13-,15-,17+/m1/s1. The molecule has 0 unspecified atom stereocenters. The quantitative estimate of drug-likeness (QED) is 0.384. The van der Waals surface area contributed by atoms with Crippen LogP contribution in [-0.4, -0.2) is 59.9 Å². The molecule has 1 rings (SSSR count). The third-order valence-electron chi connectivity index (χ3n) is 3.84. The van der Waals surface area contributed by atoms with Gasteiger partial charge in [0.2, 0.25) is 5.91 Å². The Labute approximate surface area is 181 Å². The average molecular weight is 438 g/mol. The van der Waals surface area contributed by atoms with Crippen LogP contribution in [0, 0.1) is 0 Å². The van der Waals surface area contributed by atoms with Crippen molar-refractivity contribution in [1.82, 2.24) is 10.6 Å². The normalized spacial score (nSPS) is 13.9. The highest BCUT2D eigenvalue weighted by atomic mass is 16.6. The van der Waals surface area contributed by atoms with E-state index in [1.54, 1.807) is 45.0 Å². The maximum atomic E-state index is 12.6. The number of methoxy groups -OCH3 is 1. The van der Waals surface area contributed by atoms with E-state index >= 15 is 0 Å². The van der Waals surface area contributed by atoms with Crippen molar-refractivity contribution in [3.63, 3.8) is 0 Å². The summed E-state index contributed by atoms with van der Waals surface area (Å²) >= 11 is 0. The molecule has 0 radical (unpaired) electrons. The molecule has 0 fully saturated rings. The van der Waals surface area contributed by atoms with Crippen molar-refractivity contribution in [3.05, 3.63) is 35.9 Å². The van der Waals surface area contributed by atoms with E-state index in [0.717, 1.165) is 12.7 Å². The second-order valence-corrected chi connectivity index (χ2v) is 7.80. The van der Waals surface area contributed by atoms with Crippen LogP contribution in [0.15, 0.2) is 30.3 Å². The van der Waals surface area contributed by atoms with Crippen molar-refractivity contribution in [1.29, 1.82) is 0 Å². The first-order valence-corrected chi connectivity index (χ1v) is 9.68. The van der Waals surface area contributed by atoms with Gasteiger partial charge < -0.3 is 30.0 Å². The van der Waals surface area contributed by atoms with Crippen molar-refractivity contribution >= 4 is 23.9 Å². The van der Waals surface area contributed by atoms with E-state index < -0.39 is 54.1 Å². The number of alkyl carbamates (subject to hydrolysis) is 1. The van der Waals surface area contributed by atoms with Gasteiger partial charge in [0.1, 0.15) is 24.3 Å². The lowest BCUT2D eigenvalue weighted by Gasteiger charge is -2.24. The van der Waals surface area contributed by atoms with Crippen molar-refractivity contribution in [2.24, 2.45) is 0 Å². The summed E-state index contributed by atoms with van der Waals surface area (Å²) in [5.74, 6) is -2.51. The van der Waals surface area contributed by atoms with Gasteiger partial charge in [-0.1, -0.05) is 30.3 Å². The fourth-order valence-electron chi connectivity index (χ4n) is 2.44. The largest absolute Gasteiger partial charge is 0.467 e. The first-order chi connectivity index (χ1) is 14.4. The minimum Gasteiger partial charge on any atom is -0.467 e. The Balaban J connectivity index is 2.76. The summed E-state index contributed by atoms with van der Waals surface area (Å²) in [6.07, 6.45) is -2.74. The van der Waals surface area contributed by atoms with E-state index in [9.17, 15) is 24.3 Å². The molecule has 0 heterocycles. The van der Waals surface area contributed by atoms with Crippen molar-refractivity contribution in [2.75, 3.05) is 7.11 Å². The van der Waals surface area contributed by atoms with E-state index in [-0.39, 0.29) is 6.61 Å². The highest BCUT2D eigenvalue weighted by molar-refractivity contribution is 5.91. The minimum absolute atomic E-state index is 0.0374. The van der Waals surface area contributed by atoms with Crippen molar-refractivity contribution in [2.45, 2.75) is 64.5 Å². The Hall–Kier alpha value is -3.14. The Morgan fingerprint density at radius 2 is 1.68 bits per heavy atom. The Bertz CT molecular complexity index is 758. The highest BCUT2D eigenvalue weighted by Gasteiger charge is 2.32. The number of nitrogens with one attached hydrogen (secondary N) is 2. The average Bonchev–Trinajstić information content (AvgIpc) is 2.68. The number of aliphatic hydroxyl groups is 1. The number of hydrogen-bond acceptors (Lipinski definition) is 8. The van der Waals surface area contributed by atoms with Gasteiger partial charge in [0.25, 0.3) is 0 Å². The molecule has 1 aromatic carbocycles. The van der Waals surface area contributed by atoms with E-state index in [4.69, 9.17) is 9.47 Å². The summed E-state index contributed by atoms with van der Waals surface area (Å²) < 4.78 is 14.8. The smallest absolute Gasteiger partial charge is 0.408 e. The van der Waals surface area contributed by atoms with Crippen molar-refractivity contribution in [3.8, 4) is 0 Å². The number of benzene rings is 1. The summed E-state index contributed by atoms with van der Waals surface area (Å²) in [5, 5.41) is 14.5. The molecular weight excluding hydrogens is 408 g/mol. The molecule has 10 nitrogen and oxygen atoms in total. The van der Waals surface area contributed by atoms with Crippen LogP contribution >= 0.6 is 0 Å². The highest BCUT2D eigenvalue weighted by Crippen LogP contribution is 2.10. The van der Waals surface area contributed by atoms with E-state index in [1.165, 1.54) is 6.92 Å².